The van der Waals surface area contributed by atoms with Crippen molar-refractivity contribution in [3.63, 3.8) is 0 Å². The van der Waals surface area contributed by atoms with Gasteiger partial charge in [0, 0.05) is 11.3 Å². The summed E-state index contributed by atoms with van der Waals surface area (Å²) in [4.78, 5) is 24.3. The van der Waals surface area contributed by atoms with Gasteiger partial charge in [-0.2, -0.15) is 0 Å². The summed E-state index contributed by atoms with van der Waals surface area (Å²) in [5.74, 6) is 0.198. The Bertz CT molecular complexity index is 625. The molecule has 0 saturated carbocycles. The topological polar surface area (TPSA) is 76.7 Å². The van der Waals surface area contributed by atoms with Crippen molar-refractivity contribution >= 4 is 12.0 Å². The van der Waals surface area contributed by atoms with Gasteiger partial charge in [-0.15, -0.1) is 0 Å². The summed E-state index contributed by atoms with van der Waals surface area (Å²) >= 11 is 0. The van der Waals surface area contributed by atoms with Gasteiger partial charge < -0.3 is 20.1 Å². The smallest absolute Gasteiger partial charge is 0.338 e. The van der Waals surface area contributed by atoms with Gasteiger partial charge >= 0.3 is 12.0 Å². The van der Waals surface area contributed by atoms with Crippen LogP contribution < -0.4 is 15.4 Å². The largest absolute Gasteiger partial charge is 0.494 e. The number of urea groups is 1. The van der Waals surface area contributed by atoms with E-state index in [4.69, 9.17) is 9.47 Å². The Morgan fingerprint density at radius 1 is 1.26 bits per heavy atom. The summed E-state index contributed by atoms with van der Waals surface area (Å²) in [6.07, 6.45) is 0.734. The molecule has 23 heavy (non-hydrogen) atoms. The van der Waals surface area contributed by atoms with Crippen molar-refractivity contribution in [3.05, 3.63) is 41.1 Å². The number of para-hydroxylation sites is 1. The third-order valence-electron chi connectivity index (χ3n) is 3.46. The van der Waals surface area contributed by atoms with Crippen molar-refractivity contribution in [2.45, 2.75) is 33.2 Å². The third-order valence-corrected chi connectivity index (χ3v) is 3.46. The minimum Gasteiger partial charge on any atom is -0.494 e. The first-order valence-electron chi connectivity index (χ1n) is 7.75. The van der Waals surface area contributed by atoms with Crippen LogP contribution in [0, 0.1) is 0 Å². The fourth-order valence-electron chi connectivity index (χ4n) is 2.48. The third kappa shape index (κ3) is 3.83. The van der Waals surface area contributed by atoms with Crippen molar-refractivity contribution in [3.8, 4) is 5.75 Å². The average molecular weight is 318 g/mol. The first-order valence-corrected chi connectivity index (χ1v) is 7.75. The summed E-state index contributed by atoms with van der Waals surface area (Å²) < 4.78 is 10.9. The van der Waals surface area contributed by atoms with Crippen LogP contribution in [-0.4, -0.2) is 25.2 Å². The number of esters is 1. The molecule has 1 aromatic carbocycles. The molecule has 0 saturated heterocycles. The Hall–Kier alpha value is -2.50. The summed E-state index contributed by atoms with van der Waals surface area (Å²) in [5, 5.41) is 5.41. The first-order chi connectivity index (χ1) is 11.1. The minimum absolute atomic E-state index is 0.337. The SMILES string of the molecule is CCCOC(=O)C1=C(C)NC(=O)N[C@@H]1c1ccccc1OCC. The van der Waals surface area contributed by atoms with Gasteiger partial charge in [0.15, 0.2) is 0 Å². The van der Waals surface area contributed by atoms with Gasteiger partial charge in [-0.25, -0.2) is 9.59 Å². The van der Waals surface area contributed by atoms with Crippen LogP contribution in [0.2, 0.25) is 0 Å². The normalized spacial score (nSPS) is 17.3. The Morgan fingerprint density at radius 3 is 2.70 bits per heavy atom. The van der Waals surface area contributed by atoms with E-state index in [0.29, 0.717) is 30.2 Å². The highest BCUT2D eigenvalue weighted by molar-refractivity contribution is 5.95. The van der Waals surface area contributed by atoms with Crippen LogP contribution in [0.25, 0.3) is 0 Å². The number of rotatable bonds is 6. The molecule has 1 atom stereocenters. The van der Waals surface area contributed by atoms with Crippen molar-refractivity contribution < 1.29 is 19.1 Å². The van der Waals surface area contributed by atoms with Crippen LogP contribution in [-0.2, 0) is 9.53 Å². The molecule has 1 heterocycles. The highest BCUT2D eigenvalue weighted by Crippen LogP contribution is 2.33. The number of hydrogen-bond donors (Lipinski definition) is 2. The molecule has 0 bridgehead atoms. The predicted molar refractivity (Wildman–Crippen MR) is 86.0 cm³/mol. The Morgan fingerprint density at radius 2 is 2.00 bits per heavy atom. The van der Waals surface area contributed by atoms with Gasteiger partial charge in [-0.3, -0.25) is 0 Å². The molecule has 0 fully saturated rings. The quantitative estimate of drug-likeness (QED) is 0.791. The van der Waals surface area contributed by atoms with E-state index >= 15 is 0 Å². The molecule has 6 nitrogen and oxygen atoms in total. The van der Waals surface area contributed by atoms with Crippen LogP contribution in [0.5, 0.6) is 5.75 Å². The van der Waals surface area contributed by atoms with Gasteiger partial charge in [0.1, 0.15) is 5.75 Å². The van der Waals surface area contributed by atoms with Crippen LogP contribution in [0.3, 0.4) is 0 Å². The Balaban J connectivity index is 2.43. The second kappa shape index (κ2) is 7.67. The molecule has 1 aliphatic rings. The van der Waals surface area contributed by atoms with E-state index in [1.54, 1.807) is 6.92 Å². The molecule has 0 spiro atoms. The lowest BCUT2D eigenvalue weighted by atomic mass is 9.95. The molecule has 2 amide bonds. The number of carbonyl (C=O) groups excluding carboxylic acids is 2. The number of amides is 2. The van der Waals surface area contributed by atoms with E-state index in [1.165, 1.54) is 0 Å². The number of hydrogen-bond acceptors (Lipinski definition) is 4. The zero-order valence-electron chi connectivity index (χ0n) is 13.6. The maximum Gasteiger partial charge on any atom is 0.338 e. The first kappa shape index (κ1) is 16.9. The molecule has 1 aromatic rings. The van der Waals surface area contributed by atoms with Gasteiger partial charge in [-0.1, -0.05) is 25.1 Å². The number of nitrogens with one attached hydrogen (secondary N) is 2. The summed E-state index contributed by atoms with van der Waals surface area (Å²) in [7, 11) is 0. The van der Waals surface area contributed by atoms with E-state index in [-0.39, 0.29) is 6.03 Å². The second-order valence-electron chi connectivity index (χ2n) is 5.18. The lowest BCUT2D eigenvalue weighted by molar-refractivity contribution is -0.139. The van der Waals surface area contributed by atoms with Gasteiger partial charge in [0.05, 0.1) is 24.8 Å². The molecular weight excluding hydrogens is 296 g/mol. The molecule has 6 heteroatoms. The van der Waals surface area contributed by atoms with Crippen LogP contribution in [0.15, 0.2) is 35.5 Å². The monoisotopic (exact) mass is 318 g/mol. The highest BCUT2D eigenvalue weighted by Gasteiger charge is 2.33. The molecule has 124 valence electrons. The zero-order valence-corrected chi connectivity index (χ0v) is 13.6. The zero-order chi connectivity index (χ0) is 16.8. The van der Waals surface area contributed by atoms with Gasteiger partial charge in [-0.05, 0) is 26.3 Å². The van der Waals surface area contributed by atoms with Crippen LogP contribution in [0.1, 0.15) is 38.8 Å². The predicted octanol–water partition coefficient (Wildman–Crippen LogP) is 2.67. The molecule has 0 unspecified atom stereocenters. The molecular formula is C17H22N2O4. The fraction of sp³-hybridized carbons (Fsp3) is 0.412. The van der Waals surface area contributed by atoms with E-state index in [0.717, 1.165) is 12.0 Å². The van der Waals surface area contributed by atoms with Crippen LogP contribution in [0.4, 0.5) is 4.79 Å². The number of allylic oxidation sites excluding steroid dienone is 1. The lowest BCUT2D eigenvalue weighted by Gasteiger charge is -2.29. The molecule has 0 radical (unpaired) electrons. The van der Waals surface area contributed by atoms with Crippen molar-refractivity contribution in [2.75, 3.05) is 13.2 Å². The van der Waals surface area contributed by atoms with E-state index < -0.39 is 12.0 Å². The summed E-state index contributed by atoms with van der Waals surface area (Å²) in [5.41, 5.74) is 1.61. The molecule has 0 aliphatic carbocycles. The average Bonchev–Trinajstić information content (AvgIpc) is 2.52. The highest BCUT2D eigenvalue weighted by atomic mass is 16.5. The molecule has 2 rings (SSSR count). The number of benzene rings is 1. The van der Waals surface area contributed by atoms with Crippen molar-refractivity contribution in [2.24, 2.45) is 0 Å². The number of carbonyl (C=O) groups is 2. The van der Waals surface area contributed by atoms with E-state index in [9.17, 15) is 9.59 Å². The molecule has 1 aliphatic heterocycles. The van der Waals surface area contributed by atoms with Gasteiger partial charge in [0.2, 0.25) is 0 Å². The maximum absolute atomic E-state index is 12.4. The van der Waals surface area contributed by atoms with Crippen molar-refractivity contribution in [1.29, 1.82) is 0 Å². The van der Waals surface area contributed by atoms with Gasteiger partial charge in [0.25, 0.3) is 0 Å². The Kier molecular flexibility index (Phi) is 5.62. The minimum atomic E-state index is -0.601. The molecule has 0 aromatic heterocycles. The molecule has 2 N–H and O–H groups in total. The summed E-state index contributed by atoms with van der Waals surface area (Å²) in [6.45, 7) is 6.34. The van der Waals surface area contributed by atoms with E-state index in [2.05, 4.69) is 10.6 Å². The van der Waals surface area contributed by atoms with Crippen LogP contribution >= 0.6 is 0 Å². The lowest BCUT2D eigenvalue weighted by Crippen LogP contribution is -2.45. The maximum atomic E-state index is 12.4. The van der Waals surface area contributed by atoms with E-state index in [1.807, 2.05) is 38.1 Å². The second-order valence-corrected chi connectivity index (χ2v) is 5.18. The Labute approximate surface area is 135 Å². The fourth-order valence-corrected chi connectivity index (χ4v) is 2.48. The van der Waals surface area contributed by atoms with Crippen molar-refractivity contribution in [1.82, 2.24) is 10.6 Å². The standard InChI is InChI=1S/C17H22N2O4/c1-4-10-23-16(20)14-11(3)18-17(21)19-15(14)12-8-6-7-9-13(12)22-5-2/h6-9,15H,4-5,10H2,1-3H3,(H2,18,19,21)/t15-/m1/s1. The summed E-state index contributed by atoms with van der Waals surface area (Å²) in [6, 6.07) is 6.39. The number of ether oxygens (including phenoxy) is 2.